The number of hydrogen-bond acceptors (Lipinski definition) is 3. The van der Waals surface area contributed by atoms with Crippen LogP contribution in [0.25, 0.3) is 0 Å². The lowest BCUT2D eigenvalue weighted by Crippen LogP contribution is -2.35. The van der Waals surface area contributed by atoms with Crippen molar-refractivity contribution in [2.45, 2.75) is 18.9 Å². The summed E-state index contributed by atoms with van der Waals surface area (Å²) in [6.07, 6.45) is 0.927. The Bertz CT molecular complexity index is 720. The Morgan fingerprint density at radius 3 is 2.52 bits per heavy atom. The molecule has 0 unspecified atom stereocenters. The molecular formula is C22H26BrNO3. The highest BCUT2D eigenvalue weighted by molar-refractivity contribution is 9.10. The molecule has 2 atom stereocenters. The number of carbonyl (C=O) groups excluding carboxylic acids is 1. The van der Waals surface area contributed by atoms with Gasteiger partial charge in [0, 0.05) is 30.6 Å². The maximum absolute atomic E-state index is 13.1. The van der Waals surface area contributed by atoms with Crippen LogP contribution in [0.4, 0.5) is 0 Å². The molecule has 0 aliphatic heterocycles. The van der Waals surface area contributed by atoms with Crippen LogP contribution in [-0.4, -0.2) is 44.3 Å². The molecule has 0 aromatic heterocycles. The summed E-state index contributed by atoms with van der Waals surface area (Å²) in [5.41, 5.74) is 2.39. The molecule has 1 saturated carbocycles. The number of carbonyl (C=O) groups is 1. The summed E-state index contributed by atoms with van der Waals surface area (Å²) >= 11 is 3.47. The fraction of sp³-hybridized carbons (Fsp3) is 0.409. The molecule has 0 heterocycles. The van der Waals surface area contributed by atoms with Gasteiger partial charge < -0.3 is 14.4 Å². The summed E-state index contributed by atoms with van der Waals surface area (Å²) in [5, 5.41) is 0. The largest absolute Gasteiger partial charge is 0.382 e. The molecular weight excluding hydrogens is 406 g/mol. The molecule has 4 nitrogen and oxygen atoms in total. The Morgan fingerprint density at radius 2 is 1.81 bits per heavy atom. The van der Waals surface area contributed by atoms with Crippen LogP contribution < -0.4 is 0 Å². The van der Waals surface area contributed by atoms with E-state index in [2.05, 4.69) is 40.2 Å². The van der Waals surface area contributed by atoms with Crippen molar-refractivity contribution in [2.24, 2.45) is 5.92 Å². The fourth-order valence-electron chi connectivity index (χ4n) is 3.27. The number of amides is 1. The zero-order valence-electron chi connectivity index (χ0n) is 15.6. The summed E-state index contributed by atoms with van der Waals surface area (Å²) in [5.74, 6) is 0.634. The zero-order valence-corrected chi connectivity index (χ0v) is 17.2. The van der Waals surface area contributed by atoms with E-state index in [0.717, 1.165) is 16.5 Å². The lowest BCUT2D eigenvalue weighted by molar-refractivity contribution is -0.134. The van der Waals surface area contributed by atoms with Gasteiger partial charge in [0.25, 0.3) is 0 Å². The number of methoxy groups -OCH3 is 1. The highest BCUT2D eigenvalue weighted by Gasteiger charge is 2.45. The summed E-state index contributed by atoms with van der Waals surface area (Å²) in [6, 6.07) is 18.4. The molecule has 27 heavy (non-hydrogen) atoms. The van der Waals surface area contributed by atoms with E-state index in [1.165, 1.54) is 5.56 Å². The Kier molecular flexibility index (Phi) is 7.44. The van der Waals surface area contributed by atoms with Crippen molar-refractivity contribution in [3.8, 4) is 0 Å². The first-order chi connectivity index (χ1) is 13.2. The van der Waals surface area contributed by atoms with Crippen LogP contribution in [0.1, 0.15) is 23.5 Å². The Hall–Kier alpha value is -1.69. The number of halogens is 1. The second-order valence-corrected chi connectivity index (χ2v) is 7.77. The smallest absolute Gasteiger partial charge is 0.226 e. The number of benzene rings is 2. The number of ether oxygens (including phenoxy) is 2. The van der Waals surface area contributed by atoms with E-state index < -0.39 is 0 Å². The van der Waals surface area contributed by atoms with Gasteiger partial charge in [0.1, 0.15) is 0 Å². The van der Waals surface area contributed by atoms with E-state index in [1.807, 2.05) is 35.2 Å². The first-order valence-electron chi connectivity index (χ1n) is 9.34. The number of rotatable bonds is 10. The highest BCUT2D eigenvalue weighted by Crippen LogP contribution is 2.48. The van der Waals surface area contributed by atoms with Crippen LogP contribution >= 0.6 is 15.9 Å². The standard InChI is InChI=1S/C22H26BrNO3/c1-26-13-14-27-12-11-24(16-17-5-3-2-4-6-17)22(25)21-15-20(21)18-7-9-19(23)10-8-18/h2-10,20-21H,11-16H2,1H3/t20-,21+/m1/s1. The topological polar surface area (TPSA) is 38.8 Å². The SMILES string of the molecule is COCCOCCN(Cc1ccccc1)C(=O)[C@H]1C[C@@H]1c1ccc(Br)cc1. The van der Waals surface area contributed by atoms with Crippen molar-refractivity contribution in [3.63, 3.8) is 0 Å². The van der Waals surface area contributed by atoms with Crippen LogP contribution in [0.2, 0.25) is 0 Å². The molecule has 0 spiro atoms. The van der Waals surface area contributed by atoms with Gasteiger partial charge in [-0.1, -0.05) is 58.4 Å². The van der Waals surface area contributed by atoms with E-state index >= 15 is 0 Å². The minimum Gasteiger partial charge on any atom is -0.382 e. The van der Waals surface area contributed by atoms with Gasteiger partial charge in [0.2, 0.25) is 5.91 Å². The average molecular weight is 432 g/mol. The van der Waals surface area contributed by atoms with Crippen molar-refractivity contribution in [3.05, 3.63) is 70.2 Å². The van der Waals surface area contributed by atoms with Gasteiger partial charge >= 0.3 is 0 Å². The molecule has 0 N–H and O–H groups in total. The molecule has 0 saturated heterocycles. The van der Waals surface area contributed by atoms with Gasteiger partial charge in [-0.3, -0.25) is 4.79 Å². The first-order valence-corrected chi connectivity index (χ1v) is 10.1. The third-order valence-corrected chi connectivity index (χ3v) is 5.40. The molecule has 0 radical (unpaired) electrons. The van der Waals surface area contributed by atoms with Gasteiger partial charge in [-0.15, -0.1) is 0 Å². The predicted molar refractivity (Wildman–Crippen MR) is 110 cm³/mol. The maximum atomic E-state index is 13.1. The molecule has 1 aliphatic carbocycles. The van der Waals surface area contributed by atoms with Gasteiger partial charge in [-0.2, -0.15) is 0 Å². The summed E-state index contributed by atoms with van der Waals surface area (Å²) in [7, 11) is 1.66. The third kappa shape index (κ3) is 5.89. The quantitative estimate of drug-likeness (QED) is 0.527. The minimum atomic E-state index is 0.0777. The maximum Gasteiger partial charge on any atom is 0.226 e. The second-order valence-electron chi connectivity index (χ2n) is 6.85. The van der Waals surface area contributed by atoms with Gasteiger partial charge in [-0.25, -0.2) is 0 Å². The Labute approximate surface area is 169 Å². The summed E-state index contributed by atoms with van der Waals surface area (Å²) in [6.45, 7) is 2.87. The number of hydrogen-bond donors (Lipinski definition) is 0. The lowest BCUT2D eigenvalue weighted by Gasteiger charge is -2.23. The fourth-order valence-corrected chi connectivity index (χ4v) is 3.54. The van der Waals surface area contributed by atoms with Gasteiger partial charge in [0.05, 0.1) is 19.8 Å². The molecule has 5 heteroatoms. The van der Waals surface area contributed by atoms with Crippen molar-refractivity contribution in [1.29, 1.82) is 0 Å². The third-order valence-electron chi connectivity index (χ3n) is 4.87. The van der Waals surface area contributed by atoms with Crippen LogP contribution in [-0.2, 0) is 20.8 Å². The van der Waals surface area contributed by atoms with Gasteiger partial charge in [-0.05, 0) is 35.6 Å². The molecule has 3 rings (SSSR count). The summed E-state index contributed by atoms with van der Waals surface area (Å²) < 4.78 is 11.7. The Morgan fingerprint density at radius 1 is 1.07 bits per heavy atom. The van der Waals surface area contributed by atoms with E-state index in [-0.39, 0.29) is 11.8 Å². The second kappa shape index (κ2) is 10.0. The van der Waals surface area contributed by atoms with Crippen molar-refractivity contribution >= 4 is 21.8 Å². The molecule has 0 bridgehead atoms. The van der Waals surface area contributed by atoms with Crippen molar-refractivity contribution in [2.75, 3.05) is 33.5 Å². The van der Waals surface area contributed by atoms with Crippen LogP contribution in [0.5, 0.6) is 0 Å². The highest BCUT2D eigenvalue weighted by atomic mass is 79.9. The van der Waals surface area contributed by atoms with Crippen molar-refractivity contribution in [1.82, 2.24) is 4.90 Å². The molecule has 1 aliphatic rings. The van der Waals surface area contributed by atoms with Crippen LogP contribution in [0, 0.1) is 5.92 Å². The first kappa shape index (κ1) is 20.1. The van der Waals surface area contributed by atoms with Crippen LogP contribution in [0.15, 0.2) is 59.1 Å². The van der Waals surface area contributed by atoms with E-state index in [1.54, 1.807) is 7.11 Å². The molecule has 2 aromatic rings. The minimum absolute atomic E-state index is 0.0777. The van der Waals surface area contributed by atoms with E-state index in [4.69, 9.17) is 9.47 Å². The van der Waals surface area contributed by atoms with Gasteiger partial charge in [0.15, 0.2) is 0 Å². The van der Waals surface area contributed by atoms with E-state index in [0.29, 0.717) is 38.8 Å². The zero-order chi connectivity index (χ0) is 19.1. The monoisotopic (exact) mass is 431 g/mol. The van der Waals surface area contributed by atoms with E-state index in [9.17, 15) is 4.79 Å². The van der Waals surface area contributed by atoms with Crippen LogP contribution in [0.3, 0.4) is 0 Å². The molecule has 2 aromatic carbocycles. The average Bonchev–Trinajstić information content (AvgIpc) is 3.48. The Balaban J connectivity index is 1.60. The summed E-state index contributed by atoms with van der Waals surface area (Å²) in [4.78, 5) is 15.1. The predicted octanol–water partition coefficient (Wildman–Crippen LogP) is 4.24. The normalized spacial score (nSPS) is 18.3. The number of nitrogens with zero attached hydrogens (tertiary/aromatic N) is 1. The lowest BCUT2D eigenvalue weighted by atomic mass is 10.1. The molecule has 144 valence electrons. The molecule has 1 fully saturated rings. The molecule has 1 amide bonds. The van der Waals surface area contributed by atoms with Crippen molar-refractivity contribution < 1.29 is 14.3 Å².